The standard InChI is InChI=1S/C30H40F3N3O6/c1-18(2)24(16-30(31,32)33)35-28(39)26(20-10-12-21(40-6)13-11-20)36-27(38)23(34)15-19-8-7-9-22(14-19)41-17-25(37)42-29(3,4)5/h7-14,18,23-24,26H,15-17,34H2,1-6H3,(H,35,39)(H,36,38)/t23?,24-,26?/m1/s1. The van der Waals surface area contributed by atoms with Crippen molar-refractivity contribution in [3.05, 3.63) is 59.7 Å². The molecule has 0 aliphatic rings. The van der Waals surface area contributed by atoms with Crippen LogP contribution in [0.25, 0.3) is 0 Å². The van der Waals surface area contributed by atoms with Gasteiger partial charge in [-0.1, -0.05) is 38.1 Å². The number of hydrogen-bond acceptors (Lipinski definition) is 7. The van der Waals surface area contributed by atoms with Gasteiger partial charge >= 0.3 is 12.1 Å². The van der Waals surface area contributed by atoms with E-state index < -0.39 is 60.0 Å². The molecule has 0 heterocycles. The van der Waals surface area contributed by atoms with Gasteiger partial charge in [0.05, 0.1) is 19.6 Å². The summed E-state index contributed by atoms with van der Waals surface area (Å²) in [5.41, 5.74) is 6.47. The molecule has 9 nitrogen and oxygen atoms in total. The number of carbonyl (C=O) groups is 3. The van der Waals surface area contributed by atoms with Crippen LogP contribution in [0.5, 0.6) is 11.5 Å². The Labute approximate surface area is 244 Å². The lowest BCUT2D eigenvalue weighted by atomic mass is 9.98. The summed E-state index contributed by atoms with van der Waals surface area (Å²) in [5.74, 6) is -1.70. The predicted octanol–water partition coefficient (Wildman–Crippen LogP) is 4.24. The Balaban J connectivity index is 2.16. The van der Waals surface area contributed by atoms with Crippen molar-refractivity contribution in [3.63, 3.8) is 0 Å². The fourth-order valence-electron chi connectivity index (χ4n) is 3.94. The van der Waals surface area contributed by atoms with Crippen molar-refractivity contribution in [3.8, 4) is 11.5 Å². The maximum Gasteiger partial charge on any atom is 0.391 e. The third-order valence-corrected chi connectivity index (χ3v) is 6.05. The zero-order valence-corrected chi connectivity index (χ0v) is 24.7. The molecule has 0 aliphatic heterocycles. The summed E-state index contributed by atoms with van der Waals surface area (Å²) in [6, 6.07) is 9.22. The molecule has 0 aliphatic carbocycles. The molecule has 0 saturated carbocycles. The molecule has 4 N–H and O–H groups in total. The van der Waals surface area contributed by atoms with E-state index in [-0.39, 0.29) is 13.0 Å². The summed E-state index contributed by atoms with van der Waals surface area (Å²) >= 11 is 0. The van der Waals surface area contributed by atoms with Crippen molar-refractivity contribution in [1.82, 2.24) is 10.6 Å². The van der Waals surface area contributed by atoms with Crippen LogP contribution in [0.4, 0.5) is 13.2 Å². The zero-order chi connectivity index (χ0) is 31.7. The Kier molecular flexibility index (Phi) is 12.2. The van der Waals surface area contributed by atoms with E-state index in [1.165, 1.54) is 19.2 Å². The molecule has 0 fully saturated rings. The van der Waals surface area contributed by atoms with Gasteiger partial charge in [-0.15, -0.1) is 0 Å². The number of amides is 2. The number of nitrogens with one attached hydrogen (secondary N) is 2. The van der Waals surface area contributed by atoms with Gasteiger partial charge in [-0.25, -0.2) is 4.79 Å². The van der Waals surface area contributed by atoms with E-state index in [0.717, 1.165) is 0 Å². The molecule has 2 rings (SSSR count). The lowest BCUT2D eigenvalue weighted by molar-refractivity contribution is -0.157. The van der Waals surface area contributed by atoms with E-state index in [2.05, 4.69) is 10.6 Å². The number of methoxy groups -OCH3 is 1. The molecular weight excluding hydrogens is 555 g/mol. The number of rotatable bonds is 13. The fraction of sp³-hybridized carbons (Fsp3) is 0.500. The number of benzene rings is 2. The first-order valence-electron chi connectivity index (χ1n) is 13.5. The molecule has 12 heteroatoms. The summed E-state index contributed by atoms with van der Waals surface area (Å²) in [4.78, 5) is 38.3. The average molecular weight is 596 g/mol. The summed E-state index contributed by atoms with van der Waals surface area (Å²) < 4.78 is 55.3. The number of carbonyl (C=O) groups excluding carboxylic acids is 3. The van der Waals surface area contributed by atoms with Crippen molar-refractivity contribution < 1.29 is 41.8 Å². The van der Waals surface area contributed by atoms with E-state index in [1.807, 2.05) is 0 Å². The average Bonchev–Trinajstić information content (AvgIpc) is 2.88. The van der Waals surface area contributed by atoms with Gasteiger partial charge in [0.1, 0.15) is 23.1 Å². The fourth-order valence-corrected chi connectivity index (χ4v) is 3.94. The Bertz CT molecular complexity index is 1200. The first-order valence-corrected chi connectivity index (χ1v) is 13.5. The van der Waals surface area contributed by atoms with Gasteiger partial charge in [0.2, 0.25) is 11.8 Å². The molecule has 42 heavy (non-hydrogen) atoms. The predicted molar refractivity (Wildman–Crippen MR) is 151 cm³/mol. The van der Waals surface area contributed by atoms with Crippen molar-refractivity contribution in [2.24, 2.45) is 11.7 Å². The second kappa shape index (κ2) is 14.9. The van der Waals surface area contributed by atoms with Crippen LogP contribution in [0.3, 0.4) is 0 Å². The third kappa shape index (κ3) is 12.0. The molecule has 0 spiro atoms. The lowest BCUT2D eigenvalue weighted by Gasteiger charge is -2.27. The van der Waals surface area contributed by atoms with Crippen LogP contribution >= 0.6 is 0 Å². The van der Waals surface area contributed by atoms with Crippen LogP contribution < -0.4 is 25.8 Å². The molecule has 2 unspecified atom stereocenters. The minimum Gasteiger partial charge on any atom is -0.497 e. The topological polar surface area (TPSA) is 129 Å². The Hall–Kier alpha value is -3.80. The van der Waals surface area contributed by atoms with E-state index in [9.17, 15) is 27.6 Å². The highest BCUT2D eigenvalue weighted by atomic mass is 19.4. The largest absolute Gasteiger partial charge is 0.497 e. The van der Waals surface area contributed by atoms with E-state index in [1.54, 1.807) is 71.0 Å². The normalized spacial score (nSPS) is 14.0. The number of ether oxygens (including phenoxy) is 3. The van der Waals surface area contributed by atoms with Crippen molar-refractivity contribution in [1.29, 1.82) is 0 Å². The third-order valence-electron chi connectivity index (χ3n) is 6.05. The summed E-state index contributed by atoms with van der Waals surface area (Å²) in [6.45, 7) is 8.05. The lowest BCUT2D eigenvalue weighted by Crippen LogP contribution is -2.50. The molecule has 0 aromatic heterocycles. The quantitative estimate of drug-likeness (QED) is 0.296. The zero-order valence-electron chi connectivity index (χ0n) is 24.7. The summed E-state index contributed by atoms with van der Waals surface area (Å²) in [5, 5.41) is 5.02. The van der Waals surface area contributed by atoms with Crippen molar-refractivity contribution in [2.75, 3.05) is 13.7 Å². The molecule has 3 atom stereocenters. The Morgan fingerprint density at radius 1 is 0.929 bits per heavy atom. The van der Waals surface area contributed by atoms with Gasteiger partial charge < -0.3 is 30.6 Å². The highest BCUT2D eigenvalue weighted by molar-refractivity contribution is 5.90. The van der Waals surface area contributed by atoms with Gasteiger partial charge in [0.25, 0.3) is 0 Å². The van der Waals surface area contributed by atoms with E-state index in [0.29, 0.717) is 22.6 Å². The van der Waals surface area contributed by atoms with Gasteiger partial charge in [0.15, 0.2) is 6.61 Å². The van der Waals surface area contributed by atoms with Gasteiger partial charge in [0, 0.05) is 6.04 Å². The highest BCUT2D eigenvalue weighted by Crippen LogP contribution is 2.26. The molecule has 0 saturated heterocycles. The Morgan fingerprint density at radius 2 is 1.57 bits per heavy atom. The van der Waals surface area contributed by atoms with E-state index in [4.69, 9.17) is 19.9 Å². The highest BCUT2D eigenvalue weighted by Gasteiger charge is 2.36. The SMILES string of the molecule is COc1ccc(C(NC(=O)C(N)Cc2cccc(OCC(=O)OC(C)(C)C)c2)C(=O)N[C@H](CC(F)(F)F)C(C)C)cc1. The molecule has 2 aromatic rings. The van der Waals surface area contributed by atoms with Gasteiger partial charge in [-0.3, -0.25) is 9.59 Å². The van der Waals surface area contributed by atoms with Gasteiger partial charge in [-0.05, 0) is 68.5 Å². The second-order valence-corrected chi connectivity index (χ2v) is 11.2. The molecule has 2 aromatic carbocycles. The molecule has 0 bridgehead atoms. The van der Waals surface area contributed by atoms with Crippen LogP contribution in [0.1, 0.15) is 58.2 Å². The van der Waals surface area contributed by atoms with E-state index >= 15 is 0 Å². The minimum absolute atomic E-state index is 0.0507. The smallest absolute Gasteiger partial charge is 0.391 e. The monoisotopic (exact) mass is 595 g/mol. The summed E-state index contributed by atoms with van der Waals surface area (Å²) in [6.07, 6.45) is -5.66. The van der Waals surface area contributed by atoms with Crippen LogP contribution in [0, 0.1) is 5.92 Å². The first kappa shape index (κ1) is 34.4. The summed E-state index contributed by atoms with van der Waals surface area (Å²) in [7, 11) is 1.46. The number of hydrogen-bond donors (Lipinski definition) is 3. The minimum atomic E-state index is -4.49. The number of esters is 1. The molecule has 2 amide bonds. The van der Waals surface area contributed by atoms with Crippen LogP contribution in [0.15, 0.2) is 48.5 Å². The van der Waals surface area contributed by atoms with Crippen LogP contribution in [-0.4, -0.2) is 55.4 Å². The second-order valence-electron chi connectivity index (χ2n) is 11.2. The maximum atomic E-state index is 13.3. The number of halogens is 3. The van der Waals surface area contributed by atoms with Crippen LogP contribution in [0.2, 0.25) is 0 Å². The Morgan fingerprint density at radius 3 is 2.12 bits per heavy atom. The molecular formula is C30H40F3N3O6. The number of alkyl halides is 3. The maximum absolute atomic E-state index is 13.3. The molecule has 0 radical (unpaired) electrons. The first-order chi connectivity index (χ1) is 19.5. The van der Waals surface area contributed by atoms with Crippen molar-refractivity contribution in [2.45, 2.75) is 77.4 Å². The van der Waals surface area contributed by atoms with Gasteiger partial charge in [-0.2, -0.15) is 13.2 Å². The van der Waals surface area contributed by atoms with Crippen molar-refractivity contribution >= 4 is 17.8 Å². The van der Waals surface area contributed by atoms with Crippen LogP contribution in [-0.2, 0) is 25.5 Å². The molecule has 232 valence electrons. The number of nitrogens with two attached hydrogens (primary N) is 1.